The summed E-state index contributed by atoms with van der Waals surface area (Å²) in [5.41, 5.74) is 6.71. The fourth-order valence-corrected chi connectivity index (χ4v) is 4.52. The Labute approximate surface area is 179 Å². The van der Waals surface area contributed by atoms with Gasteiger partial charge in [0.1, 0.15) is 10.8 Å². The molecule has 6 heteroatoms. The molecule has 2 heterocycles. The van der Waals surface area contributed by atoms with Gasteiger partial charge in [-0.05, 0) is 56.2 Å². The van der Waals surface area contributed by atoms with Crippen molar-refractivity contribution in [2.24, 2.45) is 0 Å². The molecule has 0 N–H and O–H groups in total. The summed E-state index contributed by atoms with van der Waals surface area (Å²) in [6.07, 6.45) is 3.66. The zero-order chi connectivity index (χ0) is 20.4. The topological polar surface area (TPSA) is 39.4 Å². The number of hydrogen-bond donors (Lipinski definition) is 0. The number of aryl methyl sites for hydroxylation is 2. The maximum atomic E-state index is 6.36. The van der Waals surface area contributed by atoms with Crippen LogP contribution in [-0.2, 0) is 5.75 Å². The largest absolute Gasteiger partial charge is 0.492 e. The van der Waals surface area contributed by atoms with Crippen LogP contribution < -0.4 is 4.74 Å². The normalized spacial score (nSPS) is 11.2. The standard InChI is InChI=1S/C23H22ClN3OS/c1-4-28-22-8-7-17(12-19(22)24)20-13-21-23(25-9-10-27(21)26-20)29-14-18-6-5-15(2)11-16(18)3/h5-13H,4,14H2,1-3H3. The molecule has 0 aliphatic heterocycles. The number of benzene rings is 2. The van der Waals surface area contributed by atoms with Gasteiger partial charge >= 0.3 is 0 Å². The van der Waals surface area contributed by atoms with E-state index in [1.165, 1.54) is 16.7 Å². The molecule has 0 unspecified atom stereocenters. The second-order valence-corrected chi connectivity index (χ2v) is 8.26. The molecule has 0 aliphatic rings. The lowest BCUT2D eigenvalue weighted by atomic mass is 10.1. The van der Waals surface area contributed by atoms with E-state index in [1.807, 2.05) is 35.8 Å². The van der Waals surface area contributed by atoms with E-state index in [0.717, 1.165) is 27.6 Å². The average molecular weight is 424 g/mol. The molecule has 2 aromatic carbocycles. The molecular weight excluding hydrogens is 402 g/mol. The molecule has 0 aliphatic carbocycles. The Morgan fingerprint density at radius 2 is 1.97 bits per heavy atom. The molecule has 4 aromatic rings. The van der Waals surface area contributed by atoms with E-state index in [4.69, 9.17) is 21.4 Å². The van der Waals surface area contributed by atoms with Crippen LogP contribution in [0.25, 0.3) is 16.8 Å². The zero-order valence-electron chi connectivity index (χ0n) is 16.6. The third-order valence-electron chi connectivity index (χ3n) is 4.74. The van der Waals surface area contributed by atoms with E-state index >= 15 is 0 Å². The molecule has 4 nitrogen and oxygen atoms in total. The van der Waals surface area contributed by atoms with Gasteiger partial charge in [0.25, 0.3) is 0 Å². The van der Waals surface area contributed by atoms with Crippen LogP contribution >= 0.6 is 23.4 Å². The highest BCUT2D eigenvalue weighted by Gasteiger charge is 2.12. The molecule has 0 fully saturated rings. The fourth-order valence-electron chi connectivity index (χ4n) is 3.24. The van der Waals surface area contributed by atoms with E-state index in [0.29, 0.717) is 17.4 Å². The smallest absolute Gasteiger partial charge is 0.137 e. The molecule has 0 amide bonds. The van der Waals surface area contributed by atoms with Gasteiger partial charge in [0.05, 0.1) is 22.8 Å². The summed E-state index contributed by atoms with van der Waals surface area (Å²) < 4.78 is 7.40. The summed E-state index contributed by atoms with van der Waals surface area (Å²) >= 11 is 8.08. The maximum Gasteiger partial charge on any atom is 0.137 e. The van der Waals surface area contributed by atoms with Gasteiger partial charge < -0.3 is 4.74 Å². The summed E-state index contributed by atoms with van der Waals surface area (Å²) in [6, 6.07) is 14.4. The van der Waals surface area contributed by atoms with Gasteiger partial charge in [-0.25, -0.2) is 9.50 Å². The van der Waals surface area contributed by atoms with Crippen molar-refractivity contribution < 1.29 is 4.74 Å². The number of halogens is 1. The predicted octanol–water partition coefficient (Wildman–Crippen LogP) is 6.36. The van der Waals surface area contributed by atoms with Crippen molar-refractivity contribution in [2.75, 3.05) is 6.61 Å². The van der Waals surface area contributed by atoms with Crippen molar-refractivity contribution in [3.63, 3.8) is 0 Å². The lowest BCUT2D eigenvalue weighted by molar-refractivity contribution is 0.340. The molecule has 0 bridgehead atoms. The third kappa shape index (κ3) is 4.26. The predicted molar refractivity (Wildman–Crippen MR) is 120 cm³/mol. The lowest BCUT2D eigenvalue weighted by Crippen LogP contribution is -1.93. The zero-order valence-corrected chi connectivity index (χ0v) is 18.2. The lowest BCUT2D eigenvalue weighted by Gasteiger charge is -2.07. The highest BCUT2D eigenvalue weighted by atomic mass is 35.5. The quantitative estimate of drug-likeness (QED) is 0.338. The highest BCUT2D eigenvalue weighted by Crippen LogP contribution is 2.32. The van der Waals surface area contributed by atoms with Crippen LogP contribution in [0.15, 0.2) is 59.9 Å². The van der Waals surface area contributed by atoms with Crippen LogP contribution in [0.3, 0.4) is 0 Å². The van der Waals surface area contributed by atoms with E-state index in [-0.39, 0.29) is 0 Å². The highest BCUT2D eigenvalue weighted by molar-refractivity contribution is 7.98. The summed E-state index contributed by atoms with van der Waals surface area (Å²) in [4.78, 5) is 4.59. The molecular formula is C23H22ClN3OS. The number of rotatable bonds is 6. The summed E-state index contributed by atoms with van der Waals surface area (Å²) in [7, 11) is 0. The first kappa shape index (κ1) is 19.8. The molecule has 0 saturated carbocycles. The Balaban J connectivity index is 1.62. The van der Waals surface area contributed by atoms with Crippen LogP contribution in [0.2, 0.25) is 5.02 Å². The second kappa shape index (κ2) is 8.47. The van der Waals surface area contributed by atoms with Crippen LogP contribution in [-0.4, -0.2) is 21.2 Å². The van der Waals surface area contributed by atoms with Gasteiger partial charge in [-0.3, -0.25) is 0 Å². The van der Waals surface area contributed by atoms with Crippen molar-refractivity contribution in [2.45, 2.75) is 31.6 Å². The Kier molecular flexibility index (Phi) is 5.79. The molecule has 0 radical (unpaired) electrons. The number of thioether (sulfide) groups is 1. The Morgan fingerprint density at radius 3 is 2.72 bits per heavy atom. The fraction of sp³-hybridized carbons (Fsp3) is 0.217. The number of hydrogen-bond acceptors (Lipinski definition) is 4. The average Bonchev–Trinajstić information content (AvgIpc) is 3.14. The van der Waals surface area contributed by atoms with E-state index in [1.54, 1.807) is 18.0 Å². The molecule has 148 valence electrons. The van der Waals surface area contributed by atoms with E-state index < -0.39 is 0 Å². The number of aromatic nitrogens is 3. The van der Waals surface area contributed by atoms with E-state index in [2.05, 4.69) is 43.1 Å². The Bertz CT molecular complexity index is 1170. The monoisotopic (exact) mass is 423 g/mol. The first-order valence-electron chi connectivity index (χ1n) is 9.51. The minimum atomic E-state index is 0.583. The maximum absolute atomic E-state index is 6.36. The number of fused-ring (bicyclic) bond motifs is 1. The van der Waals surface area contributed by atoms with Crippen LogP contribution in [0, 0.1) is 13.8 Å². The van der Waals surface area contributed by atoms with Crippen molar-refractivity contribution in [3.8, 4) is 17.0 Å². The summed E-state index contributed by atoms with van der Waals surface area (Å²) in [5, 5.41) is 6.26. The minimum absolute atomic E-state index is 0.583. The van der Waals surface area contributed by atoms with Crippen LogP contribution in [0.1, 0.15) is 23.6 Å². The van der Waals surface area contributed by atoms with Gasteiger partial charge in [-0.1, -0.05) is 47.1 Å². The van der Waals surface area contributed by atoms with E-state index in [9.17, 15) is 0 Å². The van der Waals surface area contributed by atoms with Crippen molar-refractivity contribution in [1.82, 2.24) is 14.6 Å². The third-order valence-corrected chi connectivity index (χ3v) is 6.08. The Hall–Kier alpha value is -2.50. The minimum Gasteiger partial charge on any atom is -0.492 e. The molecule has 0 spiro atoms. The van der Waals surface area contributed by atoms with Gasteiger partial charge in [0.15, 0.2) is 0 Å². The van der Waals surface area contributed by atoms with Gasteiger partial charge in [0.2, 0.25) is 0 Å². The number of nitrogens with zero attached hydrogens (tertiary/aromatic N) is 3. The SMILES string of the molecule is CCOc1ccc(-c2cc3c(SCc4ccc(C)cc4C)nccn3n2)cc1Cl. The van der Waals surface area contributed by atoms with Crippen LogP contribution in [0.5, 0.6) is 5.75 Å². The Morgan fingerprint density at radius 1 is 1.10 bits per heavy atom. The molecule has 4 rings (SSSR count). The summed E-state index contributed by atoms with van der Waals surface area (Å²) in [6.45, 7) is 6.80. The molecule has 0 saturated heterocycles. The molecule has 0 atom stereocenters. The van der Waals surface area contributed by atoms with Crippen molar-refractivity contribution in [1.29, 1.82) is 0 Å². The number of ether oxygens (including phenoxy) is 1. The van der Waals surface area contributed by atoms with Gasteiger partial charge in [0, 0.05) is 23.7 Å². The van der Waals surface area contributed by atoms with Crippen molar-refractivity contribution in [3.05, 3.63) is 76.6 Å². The van der Waals surface area contributed by atoms with Gasteiger partial charge in [-0.15, -0.1) is 0 Å². The van der Waals surface area contributed by atoms with Gasteiger partial charge in [-0.2, -0.15) is 5.10 Å². The van der Waals surface area contributed by atoms with Crippen molar-refractivity contribution >= 4 is 28.9 Å². The first-order valence-corrected chi connectivity index (χ1v) is 10.9. The van der Waals surface area contributed by atoms with Crippen LogP contribution in [0.4, 0.5) is 0 Å². The molecule has 29 heavy (non-hydrogen) atoms. The first-order chi connectivity index (χ1) is 14.0. The molecule has 2 aromatic heterocycles. The summed E-state index contributed by atoms with van der Waals surface area (Å²) in [5.74, 6) is 1.56. The second-order valence-electron chi connectivity index (χ2n) is 6.89.